The zero-order chi connectivity index (χ0) is 18.7. The molecule has 0 bridgehead atoms. The van der Waals surface area contributed by atoms with Gasteiger partial charge in [-0.1, -0.05) is 26.0 Å². The van der Waals surface area contributed by atoms with E-state index in [4.69, 9.17) is 9.84 Å². The number of rotatable bonds is 6. The predicted octanol–water partition coefficient (Wildman–Crippen LogP) is 4.02. The number of carbonyl (C=O) groups is 2. The number of benzene rings is 2. The summed E-state index contributed by atoms with van der Waals surface area (Å²) in [5.41, 5.74) is 2.11. The van der Waals surface area contributed by atoms with Gasteiger partial charge < -0.3 is 15.2 Å². The van der Waals surface area contributed by atoms with Crippen molar-refractivity contribution in [2.75, 3.05) is 11.9 Å². The second kappa shape index (κ2) is 7.53. The number of hydrogen-bond donors (Lipinski definition) is 2. The maximum atomic E-state index is 11.9. The van der Waals surface area contributed by atoms with Crippen molar-refractivity contribution in [3.8, 4) is 16.3 Å². The van der Waals surface area contributed by atoms with Crippen LogP contribution in [0.1, 0.15) is 13.8 Å². The Labute approximate surface area is 154 Å². The van der Waals surface area contributed by atoms with Gasteiger partial charge in [0.1, 0.15) is 10.8 Å². The molecule has 1 amide bonds. The number of carboxylic acid groups (broad SMARTS) is 1. The number of amides is 1. The molecule has 2 N–H and O–H groups in total. The van der Waals surface area contributed by atoms with Crippen LogP contribution in [0.2, 0.25) is 0 Å². The van der Waals surface area contributed by atoms with E-state index in [1.807, 2.05) is 24.3 Å². The number of carboxylic acids is 1. The lowest BCUT2D eigenvalue weighted by Gasteiger charge is -2.12. The van der Waals surface area contributed by atoms with E-state index in [-0.39, 0.29) is 11.8 Å². The first-order chi connectivity index (χ1) is 12.4. The van der Waals surface area contributed by atoms with Crippen LogP contribution < -0.4 is 10.1 Å². The zero-order valence-electron chi connectivity index (χ0n) is 14.4. The second-order valence-electron chi connectivity index (χ2n) is 6.02. The Kier molecular flexibility index (Phi) is 5.18. The van der Waals surface area contributed by atoms with Gasteiger partial charge in [-0.25, -0.2) is 9.78 Å². The van der Waals surface area contributed by atoms with E-state index in [2.05, 4.69) is 10.3 Å². The lowest BCUT2D eigenvalue weighted by atomic mass is 10.1. The molecule has 0 saturated heterocycles. The van der Waals surface area contributed by atoms with Crippen LogP contribution in [0.4, 0.5) is 5.69 Å². The molecule has 0 spiro atoms. The maximum Gasteiger partial charge on any atom is 0.341 e. The molecule has 0 unspecified atom stereocenters. The highest BCUT2D eigenvalue weighted by atomic mass is 32.1. The highest BCUT2D eigenvalue weighted by Gasteiger charge is 2.15. The van der Waals surface area contributed by atoms with Crippen molar-refractivity contribution in [3.63, 3.8) is 0 Å². The molecule has 2 aromatic carbocycles. The minimum Gasteiger partial charge on any atom is -0.481 e. The van der Waals surface area contributed by atoms with Gasteiger partial charge in [-0.3, -0.25) is 4.79 Å². The molecule has 0 fully saturated rings. The normalized spacial score (nSPS) is 10.9. The summed E-state index contributed by atoms with van der Waals surface area (Å²) < 4.78 is 6.48. The third kappa shape index (κ3) is 4.00. The molecule has 0 aliphatic carbocycles. The molecule has 0 atom stereocenters. The van der Waals surface area contributed by atoms with Crippen molar-refractivity contribution < 1.29 is 19.4 Å². The smallest absolute Gasteiger partial charge is 0.341 e. The van der Waals surface area contributed by atoms with Gasteiger partial charge in [-0.05, 0) is 24.3 Å². The fraction of sp³-hybridized carbons (Fsp3) is 0.211. The molecular weight excluding hydrogens is 352 g/mol. The number of ether oxygens (including phenoxy) is 1. The Morgan fingerprint density at radius 3 is 2.69 bits per heavy atom. The largest absolute Gasteiger partial charge is 0.481 e. The Hall–Kier alpha value is -2.93. The number of nitrogens with one attached hydrogen (secondary N) is 1. The van der Waals surface area contributed by atoms with E-state index in [1.165, 1.54) is 11.3 Å². The van der Waals surface area contributed by atoms with Crippen LogP contribution in [0.15, 0.2) is 42.5 Å². The number of aliphatic carboxylic acids is 1. The third-order valence-corrected chi connectivity index (χ3v) is 4.72. The Balaban J connectivity index is 1.99. The lowest BCUT2D eigenvalue weighted by molar-refractivity contribution is -0.139. The molecule has 0 radical (unpaired) electrons. The van der Waals surface area contributed by atoms with E-state index in [0.29, 0.717) is 17.0 Å². The predicted molar refractivity (Wildman–Crippen MR) is 102 cm³/mol. The van der Waals surface area contributed by atoms with E-state index in [9.17, 15) is 9.59 Å². The highest BCUT2D eigenvalue weighted by Crippen LogP contribution is 2.37. The number of thiazole rings is 1. The van der Waals surface area contributed by atoms with Gasteiger partial charge >= 0.3 is 5.97 Å². The minimum atomic E-state index is -1.07. The van der Waals surface area contributed by atoms with Gasteiger partial charge in [0.05, 0.1) is 15.8 Å². The fourth-order valence-electron chi connectivity index (χ4n) is 2.31. The first-order valence-electron chi connectivity index (χ1n) is 8.09. The zero-order valence-corrected chi connectivity index (χ0v) is 15.2. The van der Waals surface area contributed by atoms with Crippen LogP contribution in [-0.4, -0.2) is 28.6 Å². The molecule has 134 valence electrons. The number of carbonyl (C=O) groups excluding carboxylic acids is 1. The summed E-state index contributed by atoms with van der Waals surface area (Å²) in [6.07, 6.45) is 0. The quantitative estimate of drug-likeness (QED) is 0.684. The first-order valence-corrected chi connectivity index (χ1v) is 8.91. The topological polar surface area (TPSA) is 88.5 Å². The van der Waals surface area contributed by atoms with E-state index in [0.717, 1.165) is 15.2 Å². The Morgan fingerprint density at radius 1 is 1.23 bits per heavy atom. The van der Waals surface area contributed by atoms with Gasteiger partial charge in [-0.15, -0.1) is 11.3 Å². The number of nitrogens with zero attached hydrogens (tertiary/aromatic N) is 1. The third-order valence-electron chi connectivity index (χ3n) is 3.65. The summed E-state index contributed by atoms with van der Waals surface area (Å²) >= 11 is 1.50. The first kappa shape index (κ1) is 17.9. The molecule has 0 aliphatic heterocycles. The molecule has 7 heteroatoms. The molecule has 3 aromatic rings. The SMILES string of the molecule is CC(C)C(=O)Nc1ccc(-c2nc3ccccc3s2)c(OCC(=O)O)c1. The van der Waals surface area contributed by atoms with Crippen LogP contribution in [-0.2, 0) is 9.59 Å². The van der Waals surface area contributed by atoms with Crippen molar-refractivity contribution in [2.45, 2.75) is 13.8 Å². The van der Waals surface area contributed by atoms with E-state index in [1.54, 1.807) is 32.0 Å². The van der Waals surface area contributed by atoms with Crippen molar-refractivity contribution in [1.82, 2.24) is 4.98 Å². The summed E-state index contributed by atoms with van der Waals surface area (Å²) in [7, 11) is 0. The number of para-hydroxylation sites is 1. The Morgan fingerprint density at radius 2 is 2.00 bits per heavy atom. The monoisotopic (exact) mass is 370 g/mol. The van der Waals surface area contributed by atoms with Crippen molar-refractivity contribution in [2.24, 2.45) is 5.92 Å². The molecule has 3 rings (SSSR count). The molecular formula is C19H18N2O4S. The van der Waals surface area contributed by atoms with Gasteiger partial charge in [0.15, 0.2) is 6.61 Å². The summed E-state index contributed by atoms with van der Waals surface area (Å²) in [4.78, 5) is 27.4. The van der Waals surface area contributed by atoms with Crippen LogP contribution in [0.25, 0.3) is 20.8 Å². The number of fused-ring (bicyclic) bond motifs is 1. The standard InChI is InChI=1S/C19H18N2O4S/c1-11(2)18(24)20-12-7-8-13(15(9-12)25-10-17(22)23)19-21-14-5-3-4-6-16(14)26-19/h3-9,11H,10H2,1-2H3,(H,20,24)(H,22,23). The number of hydrogen-bond acceptors (Lipinski definition) is 5. The number of aromatic nitrogens is 1. The van der Waals surface area contributed by atoms with E-state index < -0.39 is 12.6 Å². The Bertz CT molecular complexity index is 932. The molecule has 0 saturated carbocycles. The van der Waals surface area contributed by atoms with Gasteiger partial charge in [0.2, 0.25) is 5.91 Å². The average Bonchev–Trinajstić information content (AvgIpc) is 3.03. The van der Waals surface area contributed by atoms with Crippen LogP contribution in [0, 0.1) is 5.92 Å². The van der Waals surface area contributed by atoms with E-state index >= 15 is 0 Å². The highest BCUT2D eigenvalue weighted by molar-refractivity contribution is 7.21. The molecule has 1 aromatic heterocycles. The van der Waals surface area contributed by atoms with Crippen LogP contribution in [0.3, 0.4) is 0 Å². The summed E-state index contributed by atoms with van der Waals surface area (Å²) in [6.45, 7) is 3.12. The summed E-state index contributed by atoms with van der Waals surface area (Å²) in [5.74, 6) is -0.992. The van der Waals surface area contributed by atoms with Crippen molar-refractivity contribution >= 4 is 39.1 Å². The molecule has 1 heterocycles. The average molecular weight is 370 g/mol. The second-order valence-corrected chi connectivity index (χ2v) is 7.05. The van der Waals surface area contributed by atoms with Crippen molar-refractivity contribution in [1.29, 1.82) is 0 Å². The molecule has 6 nitrogen and oxygen atoms in total. The van der Waals surface area contributed by atoms with Gasteiger partial charge in [-0.2, -0.15) is 0 Å². The summed E-state index contributed by atoms with van der Waals surface area (Å²) in [5, 5.41) is 12.5. The lowest BCUT2D eigenvalue weighted by Crippen LogP contribution is -2.18. The van der Waals surface area contributed by atoms with Crippen LogP contribution >= 0.6 is 11.3 Å². The molecule has 26 heavy (non-hydrogen) atoms. The van der Waals surface area contributed by atoms with Crippen molar-refractivity contribution in [3.05, 3.63) is 42.5 Å². The van der Waals surface area contributed by atoms with Gasteiger partial charge in [0.25, 0.3) is 0 Å². The van der Waals surface area contributed by atoms with Crippen LogP contribution in [0.5, 0.6) is 5.75 Å². The fourth-order valence-corrected chi connectivity index (χ4v) is 3.31. The minimum absolute atomic E-state index is 0.123. The number of anilines is 1. The maximum absolute atomic E-state index is 11.9. The summed E-state index contributed by atoms with van der Waals surface area (Å²) in [6, 6.07) is 12.9. The van der Waals surface area contributed by atoms with Gasteiger partial charge in [0, 0.05) is 17.7 Å². The molecule has 0 aliphatic rings.